The highest BCUT2D eigenvalue weighted by Gasteiger charge is 2.28. The largest absolute Gasteiger partial charge is 0.365 e. The minimum atomic E-state index is -0.518. The Balaban J connectivity index is 1.61. The Morgan fingerprint density at radius 2 is 2.09 bits per heavy atom. The molecule has 0 bridgehead atoms. The third-order valence-corrected chi connectivity index (χ3v) is 7.36. The van der Waals surface area contributed by atoms with Crippen LogP contribution < -0.4 is 11.1 Å². The van der Waals surface area contributed by atoms with Crippen molar-refractivity contribution in [3.8, 4) is 11.3 Å². The molecule has 1 aliphatic rings. The number of halogens is 1. The van der Waals surface area contributed by atoms with Gasteiger partial charge in [0.1, 0.15) is 5.00 Å². The van der Waals surface area contributed by atoms with Crippen LogP contribution in [0.3, 0.4) is 0 Å². The fourth-order valence-electron chi connectivity index (χ4n) is 4.32. The molecule has 0 saturated carbocycles. The molecule has 8 heteroatoms. The zero-order valence-electron chi connectivity index (χ0n) is 17.9. The maximum Gasteiger partial charge on any atom is 0.257 e. The lowest BCUT2D eigenvalue weighted by atomic mass is 9.88. The van der Waals surface area contributed by atoms with Crippen LogP contribution >= 0.6 is 22.9 Å². The average molecular weight is 477 g/mol. The summed E-state index contributed by atoms with van der Waals surface area (Å²) in [6.45, 7) is 2.19. The van der Waals surface area contributed by atoms with Gasteiger partial charge in [-0.15, -0.1) is 11.3 Å². The molecule has 166 valence electrons. The number of hydrogen-bond donors (Lipinski definition) is 2. The number of amides is 2. The molecular weight excluding hydrogens is 456 g/mol. The normalized spacial score (nSPS) is 15.3. The molecule has 0 spiro atoms. The van der Waals surface area contributed by atoms with Gasteiger partial charge < -0.3 is 11.1 Å². The van der Waals surface area contributed by atoms with E-state index in [2.05, 4.69) is 17.2 Å². The Labute approximate surface area is 199 Å². The van der Waals surface area contributed by atoms with Gasteiger partial charge in [0.15, 0.2) is 0 Å². The number of carbonyl (C=O) groups is 2. The molecular formula is C25H21ClN4O2S. The minimum absolute atomic E-state index is 0.344. The van der Waals surface area contributed by atoms with E-state index in [0.717, 1.165) is 35.3 Å². The van der Waals surface area contributed by atoms with Crippen LogP contribution in [0.2, 0.25) is 5.02 Å². The summed E-state index contributed by atoms with van der Waals surface area (Å²) in [6, 6.07) is 10.7. The van der Waals surface area contributed by atoms with Gasteiger partial charge in [-0.05, 0) is 67.1 Å². The van der Waals surface area contributed by atoms with Crippen molar-refractivity contribution in [2.45, 2.75) is 26.2 Å². The molecule has 6 nitrogen and oxygen atoms in total. The maximum atomic E-state index is 13.5. The predicted molar refractivity (Wildman–Crippen MR) is 132 cm³/mol. The highest BCUT2D eigenvalue weighted by Crippen LogP contribution is 2.40. The summed E-state index contributed by atoms with van der Waals surface area (Å²) in [5.41, 5.74) is 9.59. The molecule has 0 unspecified atom stereocenters. The van der Waals surface area contributed by atoms with E-state index in [4.69, 9.17) is 22.3 Å². The monoisotopic (exact) mass is 476 g/mol. The molecule has 0 aliphatic heterocycles. The summed E-state index contributed by atoms with van der Waals surface area (Å²) in [4.78, 5) is 35.8. The fourth-order valence-corrected chi connectivity index (χ4v) is 5.90. The van der Waals surface area contributed by atoms with Crippen LogP contribution in [0.5, 0.6) is 0 Å². The van der Waals surface area contributed by atoms with Gasteiger partial charge in [0.05, 0.1) is 22.3 Å². The molecule has 1 aliphatic carbocycles. The van der Waals surface area contributed by atoms with E-state index in [-0.39, 0.29) is 5.91 Å². The molecule has 1 aromatic carbocycles. The smallest absolute Gasteiger partial charge is 0.257 e. The van der Waals surface area contributed by atoms with Crippen molar-refractivity contribution >= 4 is 50.7 Å². The lowest BCUT2D eigenvalue weighted by Gasteiger charge is -2.18. The van der Waals surface area contributed by atoms with E-state index in [1.54, 1.807) is 36.7 Å². The van der Waals surface area contributed by atoms with Crippen LogP contribution in [0.1, 0.15) is 44.5 Å². The van der Waals surface area contributed by atoms with Crippen molar-refractivity contribution in [3.05, 3.63) is 75.4 Å². The van der Waals surface area contributed by atoms with E-state index in [9.17, 15) is 9.59 Å². The first kappa shape index (κ1) is 21.6. The molecule has 3 heterocycles. The van der Waals surface area contributed by atoms with Crippen LogP contribution in [0.25, 0.3) is 22.2 Å². The lowest BCUT2D eigenvalue weighted by Crippen LogP contribution is -2.19. The van der Waals surface area contributed by atoms with E-state index < -0.39 is 5.91 Å². The number of benzene rings is 1. The van der Waals surface area contributed by atoms with Crippen LogP contribution in [0, 0.1) is 5.92 Å². The highest BCUT2D eigenvalue weighted by molar-refractivity contribution is 7.17. The first-order chi connectivity index (χ1) is 15.9. The minimum Gasteiger partial charge on any atom is -0.365 e. The number of thiophene rings is 1. The van der Waals surface area contributed by atoms with Crippen LogP contribution in [0.15, 0.2) is 48.8 Å². The Kier molecular flexibility index (Phi) is 5.60. The Morgan fingerprint density at radius 3 is 2.85 bits per heavy atom. The van der Waals surface area contributed by atoms with Gasteiger partial charge in [0, 0.05) is 33.2 Å². The van der Waals surface area contributed by atoms with E-state index >= 15 is 0 Å². The number of rotatable bonds is 4. The summed E-state index contributed by atoms with van der Waals surface area (Å²) in [5, 5.41) is 4.60. The molecule has 3 aromatic heterocycles. The van der Waals surface area contributed by atoms with Gasteiger partial charge in [0.25, 0.3) is 11.8 Å². The summed E-state index contributed by atoms with van der Waals surface area (Å²) < 4.78 is 0. The number of hydrogen-bond acceptors (Lipinski definition) is 5. The number of pyridine rings is 2. The highest BCUT2D eigenvalue weighted by atomic mass is 35.5. The van der Waals surface area contributed by atoms with Gasteiger partial charge in [-0.25, -0.2) is 4.98 Å². The molecule has 0 fully saturated rings. The van der Waals surface area contributed by atoms with Crippen molar-refractivity contribution in [3.63, 3.8) is 0 Å². The zero-order valence-corrected chi connectivity index (χ0v) is 19.5. The molecule has 5 rings (SSSR count). The molecule has 33 heavy (non-hydrogen) atoms. The van der Waals surface area contributed by atoms with E-state index in [0.29, 0.717) is 43.7 Å². The molecule has 1 atom stereocenters. The van der Waals surface area contributed by atoms with Crippen molar-refractivity contribution < 1.29 is 9.59 Å². The fraction of sp³-hybridized carbons (Fsp3) is 0.200. The Bertz CT molecular complexity index is 1400. The number of aromatic nitrogens is 2. The molecule has 0 saturated heterocycles. The Hall–Kier alpha value is -3.29. The summed E-state index contributed by atoms with van der Waals surface area (Å²) in [5.74, 6) is -0.325. The van der Waals surface area contributed by atoms with Crippen LogP contribution in [0.4, 0.5) is 5.00 Å². The second-order valence-corrected chi connectivity index (χ2v) is 9.87. The first-order valence-corrected chi connectivity index (χ1v) is 11.9. The number of nitrogens with two attached hydrogens (primary N) is 1. The maximum absolute atomic E-state index is 13.5. The van der Waals surface area contributed by atoms with Crippen LogP contribution in [-0.4, -0.2) is 21.8 Å². The third-order valence-electron chi connectivity index (χ3n) is 5.96. The summed E-state index contributed by atoms with van der Waals surface area (Å²) >= 11 is 7.67. The second-order valence-electron chi connectivity index (χ2n) is 8.33. The average Bonchev–Trinajstić information content (AvgIpc) is 3.15. The SMILES string of the molecule is C[C@@H]1CCc2c(sc(NC(=O)c3cc(-c4cccnc4)nc4ccc(Cl)cc34)c2C(N)=O)C1. The summed E-state index contributed by atoms with van der Waals surface area (Å²) in [6.07, 6.45) is 6.06. The Morgan fingerprint density at radius 1 is 1.24 bits per heavy atom. The molecule has 0 radical (unpaired) electrons. The van der Waals surface area contributed by atoms with E-state index in [1.807, 2.05) is 12.1 Å². The van der Waals surface area contributed by atoms with Gasteiger partial charge in [-0.2, -0.15) is 0 Å². The zero-order chi connectivity index (χ0) is 23.1. The van der Waals surface area contributed by atoms with Gasteiger partial charge in [-0.3, -0.25) is 14.6 Å². The van der Waals surface area contributed by atoms with Crippen molar-refractivity contribution in [2.75, 3.05) is 5.32 Å². The van der Waals surface area contributed by atoms with Gasteiger partial charge in [-0.1, -0.05) is 18.5 Å². The lowest BCUT2D eigenvalue weighted by molar-refractivity contribution is 0.1000. The van der Waals surface area contributed by atoms with Crippen molar-refractivity contribution in [2.24, 2.45) is 11.7 Å². The number of nitrogens with one attached hydrogen (secondary N) is 1. The number of carbonyl (C=O) groups excluding carboxylic acids is 2. The first-order valence-electron chi connectivity index (χ1n) is 10.7. The quantitative estimate of drug-likeness (QED) is 0.407. The van der Waals surface area contributed by atoms with Gasteiger partial charge >= 0.3 is 0 Å². The number of nitrogens with zero attached hydrogens (tertiary/aromatic N) is 2. The number of anilines is 1. The predicted octanol–water partition coefficient (Wildman–Crippen LogP) is 5.49. The van der Waals surface area contributed by atoms with Crippen molar-refractivity contribution in [1.29, 1.82) is 0 Å². The van der Waals surface area contributed by atoms with Gasteiger partial charge in [0.2, 0.25) is 0 Å². The second kappa shape index (κ2) is 8.57. The molecule has 2 amide bonds. The van der Waals surface area contributed by atoms with Crippen molar-refractivity contribution in [1.82, 2.24) is 9.97 Å². The third kappa shape index (κ3) is 4.10. The standard InChI is InChI=1S/C25H21ClN4O2S/c1-13-4-6-16-21(9-13)33-25(22(16)23(27)31)30-24(32)18-11-20(14-3-2-8-28-12-14)29-19-7-5-15(26)10-17(18)19/h2-3,5,7-8,10-13H,4,6,9H2,1H3,(H2,27,31)(H,30,32)/t13-/m1/s1. The molecule has 4 aromatic rings. The number of fused-ring (bicyclic) bond motifs is 2. The van der Waals surface area contributed by atoms with E-state index in [1.165, 1.54) is 11.3 Å². The van der Waals surface area contributed by atoms with Crippen LogP contribution in [-0.2, 0) is 12.8 Å². The number of primary amides is 1. The summed E-state index contributed by atoms with van der Waals surface area (Å²) in [7, 11) is 0. The topological polar surface area (TPSA) is 98.0 Å². The molecule has 3 N–H and O–H groups in total.